The van der Waals surface area contributed by atoms with Crippen molar-refractivity contribution in [2.75, 3.05) is 0 Å². The summed E-state index contributed by atoms with van der Waals surface area (Å²) in [5.41, 5.74) is 22.4. The Kier molecular flexibility index (Phi) is 7.41. The molecule has 14 rings (SSSR count). The van der Waals surface area contributed by atoms with Crippen LogP contribution in [0.15, 0.2) is 233 Å². The predicted octanol–water partition coefficient (Wildman–Crippen LogP) is 16.3. The molecule has 2 heteroatoms. The quantitative estimate of drug-likeness (QED) is 0.162. The van der Waals surface area contributed by atoms with Crippen molar-refractivity contribution in [3.63, 3.8) is 0 Å². The van der Waals surface area contributed by atoms with E-state index in [0.717, 1.165) is 43.9 Å². The van der Waals surface area contributed by atoms with Crippen molar-refractivity contribution in [1.82, 2.24) is 0 Å². The minimum Gasteiger partial charge on any atom is -0.456 e. The highest BCUT2D eigenvalue weighted by atomic mass is 16.3. The number of para-hydroxylation sites is 2. The van der Waals surface area contributed by atoms with Crippen LogP contribution in [0, 0.1) is 0 Å². The molecule has 0 bridgehead atoms. The van der Waals surface area contributed by atoms with Crippen molar-refractivity contribution in [2.24, 2.45) is 0 Å². The number of hydrogen-bond donors (Lipinski definition) is 0. The summed E-state index contributed by atoms with van der Waals surface area (Å²) in [7, 11) is 0. The van der Waals surface area contributed by atoms with Gasteiger partial charge >= 0.3 is 0 Å². The second-order valence-electron chi connectivity index (χ2n) is 17.5. The lowest BCUT2D eigenvalue weighted by molar-refractivity contribution is 0.668. The van der Waals surface area contributed by atoms with E-state index in [1.54, 1.807) is 0 Å². The van der Waals surface area contributed by atoms with E-state index >= 15 is 0 Å². The number of benzene rings is 10. The van der Waals surface area contributed by atoms with Crippen LogP contribution in [0.2, 0.25) is 0 Å². The van der Waals surface area contributed by atoms with Crippen LogP contribution in [-0.2, 0) is 5.41 Å². The van der Waals surface area contributed by atoms with Crippen LogP contribution < -0.4 is 0 Å². The van der Waals surface area contributed by atoms with E-state index in [-0.39, 0.29) is 5.92 Å². The third-order valence-corrected chi connectivity index (χ3v) is 14.3. The van der Waals surface area contributed by atoms with E-state index in [9.17, 15) is 0 Å². The van der Waals surface area contributed by atoms with E-state index in [0.29, 0.717) is 0 Å². The predicted molar refractivity (Wildman–Crippen MR) is 262 cm³/mol. The summed E-state index contributed by atoms with van der Waals surface area (Å²) < 4.78 is 12.4. The average Bonchev–Trinajstić information content (AvgIpc) is 4.09. The summed E-state index contributed by atoms with van der Waals surface area (Å²) in [5, 5.41) is 4.56. The maximum atomic E-state index is 6.18. The fourth-order valence-electron chi connectivity index (χ4n) is 11.4. The van der Waals surface area contributed by atoms with Crippen LogP contribution in [0.25, 0.3) is 88.4 Å². The van der Waals surface area contributed by atoms with Crippen molar-refractivity contribution in [2.45, 2.75) is 11.3 Å². The topological polar surface area (TPSA) is 26.3 Å². The Morgan fingerprint density at radius 2 is 0.641 bits per heavy atom. The van der Waals surface area contributed by atoms with Crippen LogP contribution in [0.4, 0.5) is 0 Å². The Morgan fingerprint density at radius 3 is 1.12 bits per heavy atom. The molecule has 2 aliphatic carbocycles. The summed E-state index contributed by atoms with van der Waals surface area (Å²) in [6, 6.07) is 82.7. The summed E-state index contributed by atoms with van der Waals surface area (Å²) in [5.74, 6) is -0.0263. The number of hydrogen-bond acceptors (Lipinski definition) is 2. The van der Waals surface area contributed by atoms with Gasteiger partial charge in [-0.3, -0.25) is 0 Å². The lowest BCUT2D eigenvalue weighted by Gasteiger charge is -2.31. The van der Waals surface area contributed by atoms with Gasteiger partial charge in [-0.15, -0.1) is 0 Å². The van der Waals surface area contributed by atoms with Crippen LogP contribution >= 0.6 is 0 Å². The summed E-state index contributed by atoms with van der Waals surface area (Å²) >= 11 is 0. The van der Waals surface area contributed by atoms with Gasteiger partial charge in [0, 0.05) is 27.5 Å². The first-order chi connectivity index (χ1) is 31.7. The first-order valence-electron chi connectivity index (χ1n) is 22.2. The Morgan fingerprint density at radius 1 is 0.266 bits per heavy atom. The first kappa shape index (κ1) is 35.4. The number of fused-ring (bicyclic) bond motifs is 16. The largest absolute Gasteiger partial charge is 0.456 e. The molecule has 2 heterocycles. The van der Waals surface area contributed by atoms with Crippen LogP contribution in [0.5, 0.6) is 0 Å². The molecule has 0 radical (unpaired) electrons. The molecule has 298 valence electrons. The monoisotopic (exact) mass is 814 g/mol. The molecule has 0 saturated heterocycles. The van der Waals surface area contributed by atoms with Crippen molar-refractivity contribution >= 4 is 43.9 Å². The lowest BCUT2D eigenvalue weighted by Crippen LogP contribution is -2.26. The van der Waals surface area contributed by atoms with Crippen molar-refractivity contribution in [3.05, 3.63) is 263 Å². The second-order valence-corrected chi connectivity index (χ2v) is 17.5. The van der Waals surface area contributed by atoms with Gasteiger partial charge in [-0.1, -0.05) is 188 Å². The molecule has 64 heavy (non-hydrogen) atoms. The highest BCUT2D eigenvalue weighted by molar-refractivity contribution is 6.07. The molecule has 12 aromatic rings. The normalized spacial score (nSPS) is 13.3. The standard InChI is InChI=1S/C62H38O2/c1-6-16-53-45(11-1)46-12-2-7-17-54(46)62(53)55-18-8-3-13-47(55)48-32-29-44(37-56(48)62)61(40-25-21-38(22-26-40)42-30-33-59-51(35-42)49-14-4-9-19-57(49)63-59)41-27-23-39(24-28-41)43-31-34-60-52(36-43)50-15-5-10-20-58(50)64-60/h1-37,61H. The number of furan rings is 2. The summed E-state index contributed by atoms with van der Waals surface area (Å²) in [6.45, 7) is 0. The summed E-state index contributed by atoms with van der Waals surface area (Å²) in [4.78, 5) is 0. The molecule has 0 aliphatic heterocycles. The van der Waals surface area contributed by atoms with Crippen LogP contribution in [0.3, 0.4) is 0 Å². The smallest absolute Gasteiger partial charge is 0.135 e. The molecule has 0 N–H and O–H groups in total. The minimum absolute atomic E-state index is 0.0263. The zero-order valence-corrected chi connectivity index (χ0v) is 34.8. The first-order valence-corrected chi connectivity index (χ1v) is 22.2. The van der Waals surface area contributed by atoms with Crippen molar-refractivity contribution < 1.29 is 8.83 Å². The molecular formula is C62H38O2. The average molecular weight is 815 g/mol. The maximum absolute atomic E-state index is 6.18. The van der Waals surface area contributed by atoms with E-state index in [1.807, 2.05) is 24.3 Å². The molecule has 2 aliphatic rings. The highest BCUT2D eigenvalue weighted by Crippen LogP contribution is 2.63. The fourth-order valence-corrected chi connectivity index (χ4v) is 11.4. The van der Waals surface area contributed by atoms with Gasteiger partial charge in [0.25, 0.3) is 0 Å². The van der Waals surface area contributed by atoms with Crippen molar-refractivity contribution in [3.8, 4) is 44.5 Å². The zero-order valence-electron chi connectivity index (χ0n) is 34.8. The SMILES string of the molecule is c1ccc2c(c1)-c1ccccc1C21c2ccccc2-c2ccc(C(c3ccc(-c4ccc5oc6ccccc6c5c4)cc3)c3ccc(-c4ccc5oc6ccccc6c5c4)cc3)cc21. The van der Waals surface area contributed by atoms with Crippen molar-refractivity contribution in [1.29, 1.82) is 0 Å². The van der Waals surface area contributed by atoms with Gasteiger partial charge in [0.15, 0.2) is 0 Å². The maximum Gasteiger partial charge on any atom is 0.135 e. The third kappa shape index (κ3) is 4.97. The third-order valence-electron chi connectivity index (χ3n) is 14.3. The molecule has 10 aromatic carbocycles. The zero-order chi connectivity index (χ0) is 41.9. The Bertz CT molecular complexity index is 3620. The molecule has 2 aromatic heterocycles. The van der Waals surface area contributed by atoms with Gasteiger partial charge in [-0.05, 0) is 120 Å². The lowest BCUT2D eigenvalue weighted by atomic mass is 9.70. The molecule has 0 fully saturated rings. The number of rotatable bonds is 5. The second kappa shape index (κ2) is 13.4. The van der Waals surface area contributed by atoms with Gasteiger partial charge in [0.05, 0.1) is 5.41 Å². The van der Waals surface area contributed by atoms with Gasteiger partial charge in [-0.25, -0.2) is 0 Å². The summed E-state index contributed by atoms with van der Waals surface area (Å²) in [6.07, 6.45) is 0. The van der Waals surface area contributed by atoms with Gasteiger partial charge in [0.2, 0.25) is 0 Å². The minimum atomic E-state index is -0.417. The van der Waals surface area contributed by atoms with Crippen LogP contribution in [0.1, 0.15) is 44.9 Å². The molecule has 0 saturated carbocycles. The molecule has 2 nitrogen and oxygen atoms in total. The molecular weight excluding hydrogens is 777 g/mol. The molecule has 0 amide bonds. The van der Waals surface area contributed by atoms with Gasteiger partial charge < -0.3 is 8.83 Å². The van der Waals surface area contributed by atoms with E-state index in [2.05, 4.69) is 200 Å². The van der Waals surface area contributed by atoms with E-state index < -0.39 is 5.41 Å². The molecule has 1 spiro atoms. The molecule has 0 atom stereocenters. The van der Waals surface area contributed by atoms with Gasteiger partial charge in [0.1, 0.15) is 22.3 Å². The van der Waals surface area contributed by atoms with Crippen LogP contribution in [-0.4, -0.2) is 0 Å². The Balaban J connectivity index is 0.933. The van der Waals surface area contributed by atoms with E-state index in [4.69, 9.17) is 8.83 Å². The fraction of sp³-hybridized carbons (Fsp3) is 0.0323. The highest BCUT2D eigenvalue weighted by Gasteiger charge is 2.51. The molecule has 0 unspecified atom stereocenters. The van der Waals surface area contributed by atoms with Gasteiger partial charge in [-0.2, -0.15) is 0 Å². The Labute approximate surface area is 370 Å². The Hall–Kier alpha value is -8.20. The van der Waals surface area contributed by atoms with E-state index in [1.165, 1.54) is 83.5 Å².